The number of nitrogens with zero attached hydrogens (tertiary/aromatic N) is 3. The quantitative estimate of drug-likeness (QED) is 0.311. The van der Waals surface area contributed by atoms with Crippen molar-refractivity contribution in [3.05, 3.63) is 65.6 Å². The highest BCUT2D eigenvalue weighted by Gasteiger charge is 2.19. The smallest absolute Gasteiger partial charge is 0.340 e. The number of hydrogen-bond donors (Lipinski definition) is 3. The molecule has 0 bridgehead atoms. The number of halogens is 2. The molecule has 0 saturated heterocycles. The molecule has 4 rings (SSSR count). The van der Waals surface area contributed by atoms with E-state index >= 15 is 0 Å². The van der Waals surface area contributed by atoms with Gasteiger partial charge in [-0.2, -0.15) is 0 Å². The molecule has 0 radical (unpaired) electrons. The van der Waals surface area contributed by atoms with Crippen molar-refractivity contribution in [2.24, 2.45) is 0 Å². The summed E-state index contributed by atoms with van der Waals surface area (Å²) in [6, 6.07) is 9.22. The fourth-order valence-corrected chi connectivity index (χ4v) is 4.12. The van der Waals surface area contributed by atoms with Crippen LogP contribution in [0.4, 0.5) is 20.3 Å². The van der Waals surface area contributed by atoms with Crippen molar-refractivity contribution in [1.82, 2.24) is 14.5 Å². The standard InChI is InChI=1S/C25H25F2N5O3/c1-4-28-20-11-15(10-18(27)23(20)25(33)34)19-12-22(31-13-30-19)29-7-8-32-14(2)9-16-21(35-3)6-5-17(26)24(16)32/h5-6,9-13,28H,4,7-8H2,1-3H3,(H,33,34)(H,29,30,31). The topological polar surface area (TPSA) is 101 Å². The van der Waals surface area contributed by atoms with E-state index in [1.165, 1.54) is 12.4 Å². The molecule has 0 aliphatic rings. The maximum Gasteiger partial charge on any atom is 0.340 e. The first-order chi connectivity index (χ1) is 16.8. The molecule has 0 spiro atoms. The van der Waals surface area contributed by atoms with E-state index < -0.39 is 17.3 Å². The summed E-state index contributed by atoms with van der Waals surface area (Å²) in [7, 11) is 1.55. The van der Waals surface area contributed by atoms with Crippen molar-refractivity contribution in [3.63, 3.8) is 0 Å². The number of aromatic carboxylic acids is 1. The minimum absolute atomic E-state index is 0.176. The second-order valence-corrected chi connectivity index (χ2v) is 7.88. The lowest BCUT2D eigenvalue weighted by Gasteiger charge is -2.13. The fraction of sp³-hybridized carbons (Fsp3) is 0.240. The molecule has 10 heteroatoms. The van der Waals surface area contributed by atoms with Gasteiger partial charge in [-0.25, -0.2) is 23.5 Å². The third-order valence-electron chi connectivity index (χ3n) is 5.67. The molecule has 0 aliphatic carbocycles. The Hall–Kier alpha value is -4.21. The first-order valence-electron chi connectivity index (χ1n) is 11.0. The number of rotatable bonds is 9. The Balaban J connectivity index is 1.56. The number of carbonyl (C=O) groups is 1. The van der Waals surface area contributed by atoms with Gasteiger partial charge in [0.1, 0.15) is 35.1 Å². The number of hydrogen-bond acceptors (Lipinski definition) is 6. The Labute approximate surface area is 200 Å². The molecule has 0 fully saturated rings. The van der Waals surface area contributed by atoms with E-state index in [0.29, 0.717) is 53.4 Å². The van der Waals surface area contributed by atoms with E-state index in [-0.39, 0.29) is 11.5 Å². The summed E-state index contributed by atoms with van der Waals surface area (Å²) in [5.74, 6) is -1.44. The summed E-state index contributed by atoms with van der Waals surface area (Å²) < 4.78 is 36.4. The third-order valence-corrected chi connectivity index (χ3v) is 5.67. The molecule has 2 aromatic carbocycles. The van der Waals surface area contributed by atoms with Gasteiger partial charge in [0.15, 0.2) is 0 Å². The molecule has 0 atom stereocenters. The van der Waals surface area contributed by atoms with Crippen LogP contribution in [0.2, 0.25) is 0 Å². The number of fused-ring (bicyclic) bond motifs is 1. The molecule has 35 heavy (non-hydrogen) atoms. The van der Waals surface area contributed by atoms with Crippen LogP contribution in [0.1, 0.15) is 23.0 Å². The van der Waals surface area contributed by atoms with Gasteiger partial charge < -0.3 is 25.0 Å². The van der Waals surface area contributed by atoms with Crippen LogP contribution in [-0.4, -0.2) is 45.8 Å². The normalized spacial score (nSPS) is 11.0. The Kier molecular flexibility index (Phi) is 6.81. The molecule has 4 aromatic rings. The number of benzene rings is 2. The summed E-state index contributed by atoms with van der Waals surface area (Å²) in [4.78, 5) is 19.9. The molecular weight excluding hydrogens is 456 g/mol. The Morgan fingerprint density at radius 2 is 1.91 bits per heavy atom. The Morgan fingerprint density at radius 3 is 2.63 bits per heavy atom. The molecule has 182 valence electrons. The zero-order chi connectivity index (χ0) is 25.1. The lowest BCUT2D eigenvalue weighted by molar-refractivity contribution is 0.0693. The van der Waals surface area contributed by atoms with Crippen LogP contribution in [0.15, 0.2) is 42.7 Å². The maximum atomic E-state index is 14.6. The lowest BCUT2D eigenvalue weighted by atomic mass is 10.1. The monoisotopic (exact) mass is 481 g/mol. The largest absolute Gasteiger partial charge is 0.496 e. The van der Waals surface area contributed by atoms with E-state index in [4.69, 9.17) is 4.74 Å². The first-order valence-corrected chi connectivity index (χ1v) is 11.0. The molecule has 2 heterocycles. The summed E-state index contributed by atoms with van der Waals surface area (Å²) in [6.45, 7) is 5.02. The van der Waals surface area contributed by atoms with Gasteiger partial charge in [-0.1, -0.05) is 0 Å². The second kappa shape index (κ2) is 9.96. The number of aromatic nitrogens is 3. The van der Waals surface area contributed by atoms with Crippen LogP contribution < -0.4 is 15.4 Å². The van der Waals surface area contributed by atoms with E-state index in [1.54, 1.807) is 32.2 Å². The zero-order valence-electron chi connectivity index (χ0n) is 19.5. The number of ether oxygens (including phenoxy) is 1. The van der Waals surface area contributed by atoms with Gasteiger partial charge in [0.2, 0.25) is 0 Å². The zero-order valence-corrected chi connectivity index (χ0v) is 19.5. The maximum absolute atomic E-state index is 14.6. The average molecular weight is 482 g/mol. The van der Waals surface area contributed by atoms with Gasteiger partial charge in [0.05, 0.1) is 24.0 Å². The van der Waals surface area contributed by atoms with E-state index in [2.05, 4.69) is 20.6 Å². The van der Waals surface area contributed by atoms with Crippen LogP contribution in [0.3, 0.4) is 0 Å². The highest BCUT2D eigenvalue weighted by Crippen LogP contribution is 2.31. The van der Waals surface area contributed by atoms with Gasteiger partial charge in [-0.05, 0) is 44.2 Å². The highest BCUT2D eigenvalue weighted by atomic mass is 19.1. The van der Waals surface area contributed by atoms with Gasteiger partial charge in [-0.3, -0.25) is 0 Å². The summed E-state index contributed by atoms with van der Waals surface area (Å²) in [5.41, 5.74) is 1.96. The van der Waals surface area contributed by atoms with Gasteiger partial charge in [0, 0.05) is 42.3 Å². The van der Waals surface area contributed by atoms with Crippen molar-refractivity contribution >= 4 is 28.4 Å². The molecule has 0 aliphatic heterocycles. The number of carboxylic acid groups (broad SMARTS) is 1. The minimum Gasteiger partial charge on any atom is -0.496 e. The fourth-order valence-electron chi connectivity index (χ4n) is 4.12. The highest BCUT2D eigenvalue weighted by molar-refractivity contribution is 5.95. The van der Waals surface area contributed by atoms with E-state index in [9.17, 15) is 18.7 Å². The van der Waals surface area contributed by atoms with Gasteiger partial charge in [0.25, 0.3) is 0 Å². The number of nitrogens with one attached hydrogen (secondary N) is 2. The van der Waals surface area contributed by atoms with Crippen LogP contribution in [0.25, 0.3) is 22.2 Å². The predicted octanol–water partition coefficient (Wildman–Crippen LogP) is 4.94. The molecule has 0 unspecified atom stereocenters. The lowest BCUT2D eigenvalue weighted by Crippen LogP contribution is -2.13. The summed E-state index contributed by atoms with van der Waals surface area (Å²) in [6.07, 6.45) is 1.34. The number of aryl methyl sites for hydroxylation is 1. The average Bonchev–Trinajstić information content (AvgIpc) is 3.16. The van der Waals surface area contributed by atoms with Crippen LogP contribution in [0.5, 0.6) is 5.75 Å². The Bertz CT molecular complexity index is 1400. The summed E-state index contributed by atoms with van der Waals surface area (Å²) >= 11 is 0. The number of anilines is 2. The minimum atomic E-state index is -1.35. The van der Waals surface area contributed by atoms with Gasteiger partial charge in [-0.15, -0.1) is 0 Å². The van der Waals surface area contributed by atoms with Gasteiger partial charge >= 0.3 is 5.97 Å². The van der Waals surface area contributed by atoms with Crippen molar-refractivity contribution < 1.29 is 23.4 Å². The van der Waals surface area contributed by atoms with Crippen LogP contribution in [-0.2, 0) is 6.54 Å². The molecule has 2 aromatic heterocycles. The molecular formula is C25H25F2N5O3. The molecule has 0 amide bonds. The number of carboxylic acids is 1. The number of methoxy groups -OCH3 is 1. The third kappa shape index (κ3) is 4.72. The van der Waals surface area contributed by atoms with Crippen LogP contribution >= 0.6 is 0 Å². The predicted molar refractivity (Wildman–Crippen MR) is 130 cm³/mol. The molecule has 8 nitrogen and oxygen atoms in total. The molecule has 3 N–H and O–H groups in total. The second-order valence-electron chi connectivity index (χ2n) is 7.88. The van der Waals surface area contributed by atoms with Crippen molar-refractivity contribution in [2.45, 2.75) is 20.4 Å². The summed E-state index contributed by atoms with van der Waals surface area (Å²) in [5, 5.41) is 16.1. The molecule has 0 saturated carbocycles. The van der Waals surface area contributed by atoms with Crippen LogP contribution in [0, 0.1) is 18.6 Å². The van der Waals surface area contributed by atoms with Crippen molar-refractivity contribution in [2.75, 3.05) is 30.8 Å². The SMILES string of the molecule is CCNc1cc(-c2cc(NCCn3c(C)cc4c(OC)ccc(F)c43)ncn2)cc(F)c1C(=O)O. The van der Waals surface area contributed by atoms with Crippen molar-refractivity contribution in [1.29, 1.82) is 0 Å². The Morgan fingerprint density at radius 1 is 1.11 bits per heavy atom. The van der Waals surface area contributed by atoms with E-state index in [0.717, 1.165) is 11.8 Å². The van der Waals surface area contributed by atoms with Crippen molar-refractivity contribution in [3.8, 4) is 17.0 Å². The van der Waals surface area contributed by atoms with E-state index in [1.807, 2.05) is 17.6 Å². The first kappa shape index (κ1) is 23.9.